The predicted molar refractivity (Wildman–Crippen MR) is 73.2 cm³/mol. The number of nitrogens with zero attached hydrogens (tertiary/aromatic N) is 1. The van der Waals surface area contributed by atoms with Gasteiger partial charge in [0.25, 0.3) is 0 Å². The highest BCUT2D eigenvalue weighted by molar-refractivity contribution is 4.86. The summed E-state index contributed by atoms with van der Waals surface area (Å²) in [5.41, 5.74) is -0.567. The van der Waals surface area contributed by atoms with Gasteiger partial charge in [-0.3, -0.25) is 0 Å². The molecule has 1 rings (SSSR count). The van der Waals surface area contributed by atoms with E-state index >= 15 is 0 Å². The molecule has 1 saturated heterocycles. The van der Waals surface area contributed by atoms with Crippen molar-refractivity contribution in [3.63, 3.8) is 0 Å². The molecule has 1 heterocycles. The van der Waals surface area contributed by atoms with Crippen molar-refractivity contribution in [1.82, 2.24) is 10.2 Å². The van der Waals surface area contributed by atoms with E-state index in [0.29, 0.717) is 6.04 Å². The second-order valence-corrected chi connectivity index (χ2v) is 6.07. The molecular weight excluding hydrogens is 212 g/mol. The number of hydrogen-bond acceptors (Lipinski definition) is 3. The SMILES string of the molecule is CCCNC1CCN(CC(C)(C)O)CC1CC. The van der Waals surface area contributed by atoms with Gasteiger partial charge in [0.1, 0.15) is 0 Å². The summed E-state index contributed by atoms with van der Waals surface area (Å²) in [5.74, 6) is 0.734. The maximum Gasteiger partial charge on any atom is 0.0718 e. The van der Waals surface area contributed by atoms with Crippen LogP contribution in [-0.2, 0) is 0 Å². The number of β-amino-alcohol motifs (C(OH)–C–C–N with tert-alkyl or cyclic N) is 1. The highest BCUT2D eigenvalue weighted by Gasteiger charge is 2.29. The second-order valence-electron chi connectivity index (χ2n) is 6.07. The topological polar surface area (TPSA) is 35.5 Å². The molecule has 0 spiro atoms. The first-order chi connectivity index (χ1) is 7.96. The Labute approximate surface area is 107 Å². The van der Waals surface area contributed by atoms with Crippen LogP contribution in [0.3, 0.4) is 0 Å². The smallest absolute Gasteiger partial charge is 0.0718 e. The number of rotatable bonds is 6. The molecule has 1 aliphatic rings. The standard InChI is InChI=1S/C14H30N2O/c1-5-8-15-13-7-9-16(10-12(13)6-2)11-14(3,4)17/h12-13,15,17H,5-11H2,1-4H3. The fraction of sp³-hybridized carbons (Fsp3) is 1.00. The van der Waals surface area contributed by atoms with Gasteiger partial charge in [-0.2, -0.15) is 0 Å². The molecule has 0 aliphatic carbocycles. The lowest BCUT2D eigenvalue weighted by Crippen LogP contribution is -2.52. The lowest BCUT2D eigenvalue weighted by molar-refractivity contribution is 0.0151. The zero-order chi connectivity index (χ0) is 12.9. The van der Waals surface area contributed by atoms with Crippen LogP contribution < -0.4 is 5.32 Å². The molecule has 0 saturated carbocycles. The Morgan fingerprint density at radius 3 is 2.59 bits per heavy atom. The molecule has 17 heavy (non-hydrogen) atoms. The molecule has 2 N–H and O–H groups in total. The molecule has 0 bridgehead atoms. The number of nitrogens with one attached hydrogen (secondary N) is 1. The van der Waals surface area contributed by atoms with Crippen LogP contribution in [0.1, 0.15) is 47.0 Å². The fourth-order valence-electron chi connectivity index (χ4n) is 2.81. The minimum atomic E-state index is -0.567. The lowest BCUT2D eigenvalue weighted by Gasteiger charge is -2.40. The van der Waals surface area contributed by atoms with E-state index in [0.717, 1.165) is 32.1 Å². The van der Waals surface area contributed by atoms with Crippen LogP contribution in [0.4, 0.5) is 0 Å². The van der Waals surface area contributed by atoms with E-state index in [-0.39, 0.29) is 0 Å². The van der Waals surface area contributed by atoms with E-state index in [1.165, 1.54) is 19.3 Å². The molecule has 3 heteroatoms. The van der Waals surface area contributed by atoms with Gasteiger partial charge in [-0.15, -0.1) is 0 Å². The fourth-order valence-corrected chi connectivity index (χ4v) is 2.81. The Hall–Kier alpha value is -0.120. The van der Waals surface area contributed by atoms with Gasteiger partial charge >= 0.3 is 0 Å². The number of hydrogen-bond donors (Lipinski definition) is 2. The van der Waals surface area contributed by atoms with Gasteiger partial charge in [-0.25, -0.2) is 0 Å². The summed E-state index contributed by atoms with van der Waals surface area (Å²) in [4.78, 5) is 2.41. The lowest BCUT2D eigenvalue weighted by atomic mass is 9.89. The number of likely N-dealkylation sites (tertiary alicyclic amines) is 1. The average molecular weight is 242 g/mol. The second kappa shape index (κ2) is 6.72. The minimum absolute atomic E-state index is 0.567. The van der Waals surface area contributed by atoms with Crippen molar-refractivity contribution in [1.29, 1.82) is 0 Å². The third kappa shape index (κ3) is 5.36. The predicted octanol–water partition coefficient (Wildman–Crippen LogP) is 1.86. The largest absolute Gasteiger partial charge is 0.389 e. The summed E-state index contributed by atoms with van der Waals surface area (Å²) in [5, 5.41) is 13.5. The third-order valence-electron chi connectivity index (χ3n) is 3.61. The van der Waals surface area contributed by atoms with Crippen LogP contribution >= 0.6 is 0 Å². The van der Waals surface area contributed by atoms with Crippen LogP contribution in [0.25, 0.3) is 0 Å². The van der Waals surface area contributed by atoms with Gasteiger partial charge in [0.15, 0.2) is 0 Å². The molecule has 0 radical (unpaired) electrons. The third-order valence-corrected chi connectivity index (χ3v) is 3.61. The van der Waals surface area contributed by atoms with Crippen molar-refractivity contribution in [3.05, 3.63) is 0 Å². The van der Waals surface area contributed by atoms with Gasteiger partial charge in [-0.1, -0.05) is 20.3 Å². The molecule has 1 aliphatic heterocycles. The molecule has 2 unspecified atom stereocenters. The molecular formula is C14H30N2O. The first-order valence-corrected chi connectivity index (χ1v) is 7.14. The van der Waals surface area contributed by atoms with Crippen LogP contribution in [0.2, 0.25) is 0 Å². The zero-order valence-electron chi connectivity index (χ0n) is 12.0. The summed E-state index contributed by atoms with van der Waals surface area (Å²) in [7, 11) is 0. The molecule has 0 aromatic carbocycles. The van der Waals surface area contributed by atoms with Crippen molar-refractivity contribution in [3.8, 4) is 0 Å². The zero-order valence-corrected chi connectivity index (χ0v) is 12.0. The molecule has 1 fully saturated rings. The van der Waals surface area contributed by atoms with Gasteiger partial charge < -0.3 is 15.3 Å². The van der Waals surface area contributed by atoms with Crippen molar-refractivity contribution in [2.45, 2.75) is 58.6 Å². The number of aliphatic hydroxyl groups is 1. The van der Waals surface area contributed by atoms with E-state index in [1.807, 2.05) is 13.8 Å². The molecule has 3 nitrogen and oxygen atoms in total. The van der Waals surface area contributed by atoms with Crippen molar-refractivity contribution in [2.24, 2.45) is 5.92 Å². The number of piperidine rings is 1. The van der Waals surface area contributed by atoms with Gasteiger partial charge in [0.2, 0.25) is 0 Å². The first-order valence-electron chi connectivity index (χ1n) is 7.14. The Bertz CT molecular complexity index is 213. The maximum absolute atomic E-state index is 9.88. The Balaban J connectivity index is 2.43. The first kappa shape index (κ1) is 14.9. The highest BCUT2D eigenvalue weighted by Crippen LogP contribution is 2.21. The summed E-state index contributed by atoms with van der Waals surface area (Å²) < 4.78 is 0. The van der Waals surface area contributed by atoms with Crippen LogP contribution in [-0.4, -0.2) is 47.8 Å². The van der Waals surface area contributed by atoms with Gasteiger partial charge in [-0.05, 0) is 45.7 Å². The maximum atomic E-state index is 9.88. The van der Waals surface area contributed by atoms with E-state index in [4.69, 9.17) is 0 Å². The Morgan fingerprint density at radius 2 is 2.06 bits per heavy atom. The highest BCUT2D eigenvalue weighted by atomic mass is 16.3. The van der Waals surface area contributed by atoms with Crippen molar-refractivity contribution >= 4 is 0 Å². The van der Waals surface area contributed by atoms with Crippen LogP contribution in [0.15, 0.2) is 0 Å². The van der Waals surface area contributed by atoms with Gasteiger partial charge in [0, 0.05) is 19.1 Å². The average Bonchev–Trinajstić information content (AvgIpc) is 2.25. The molecule has 2 atom stereocenters. The molecule has 0 aromatic heterocycles. The normalized spacial score (nSPS) is 27.4. The van der Waals surface area contributed by atoms with E-state index in [9.17, 15) is 5.11 Å². The molecule has 0 amide bonds. The Morgan fingerprint density at radius 1 is 1.35 bits per heavy atom. The van der Waals surface area contributed by atoms with E-state index < -0.39 is 5.60 Å². The monoisotopic (exact) mass is 242 g/mol. The van der Waals surface area contributed by atoms with Crippen LogP contribution in [0.5, 0.6) is 0 Å². The summed E-state index contributed by atoms with van der Waals surface area (Å²) in [6, 6.07) is 0.679. The van der Waals surface area contributed by atoms with E-state index in [2.05, 4.69) is 24.1 Å². The molecule has 0 aromatic rings. The van der Waals surface area contributed by atoms with Crippen molar-refractivity contribution in [2.75, 3.05) is 26.2 Å². The van der Waals surface area contributed by atoms with Crippen molar-refractivity contribution < 1.29 is 5.11 Å². The van der Waals surface area contributed by atoms with Crippen LogP contribution in [0, 0.1) is 5.92 Å². The molecule has 102 valence electrons. The quantitative estimate of drug-likeness (QED) is 0.746. The summed E-state index contributed by atoms with van der Waals surface area (Å²) in [6.07, 6.45) is 3.65. The minimum Gasteiger partial charge on any atom is -0.389 e. The summed E-state index contributed by atoms with van der Waals surface area (Å²) in [6.45, 7) is 12.5. The summed E-state index contributed by atoms with van der Waals surface area (Å²) >= 11 is 0. The van der Waals surface area contributed by atoms with E-state index in [1.54, 1.807) is 0 Å². The van der Waals surface area contributed by atoms with Gasteiger partial charge in [0.05, 0.1) is 5.60 Å². The Kier molecular flexibility index (Phi) is 5.90.